The van der Waals surface area contributed by atoms with E-state index in [1.54, 1.807) is 23.1 Å². The van der Waals surface area contributed by atoms with Crippen molar-refractivity contribution in [3.63, 3.8) is 0 Å². The van der Waals surface area contributed by atoms with E-state index in [9.17, 15) is 14.7 Å². The molecule has 130 valence electrons. The predicted octanol–water partition coefficient (Wildman–Crippen LogP) is 3.36. The van der Waals surface area contributed by atoms with Gasteiger partial charge in [0.2, 0.25) is 5.78 Å². The normalized spacial score (nSPS) is 17.0. The molecule has 0 aliphatic heterocycles. The van der Waals surface area contributed by atoms with Crippen molar-refractivity contribution in [2.24, 2.45) is 5.41 Å². The first-order valence-electron chi connectivity index (χ1n) is 7.88. The molecule has 3 rings (SSSR count). The number of carbonyl (C=O) groups excluding carboxylic acids is 2. The van der Waals surface area contributed by atoms with Crippen molar-refractivity contribution in [1.82, 2.24) is 14.8 Å². The molecule has 0 atom stereocenters. The highest BCUT2D eigenvalue weighted by molar-refractivity contribution is 6.29. The summed E-state index contributed by atoms with van der Waals surface area (Å²) >= 11 is 5.75. The molecule has 1 N–H and O–H groups in total. The number of aliphatic hydroxyl groups excluding tert-OH is 1. The monoisotopic (exact) mass is 359 g/mol. The minimum Gasteiger partial charge on any atom is -0.511 e. The number of hydrogen-bond donors (Lipinski definition) is 1. The average molecular weight is 360 g/mol. The molecule has 0 aromatic carbocycles. The summed E-state index contributed by atoms with van der Waals surface area (Å²) < 4.78 is 1.58. The largest absolute Gasteiger partial charge is 0.511 e. The Kier molecular flexibility index (Phi) is 4.47. The van der Waals surface area contributed by atoms with Crippen molar-refractivity contribution in [2.75, 3.05) is 0 Å². The summed E-state index contributed by atoms with van der Waals surface area (Å²) in [7, 11) is 0. The van der Waals surface area contributed by atoms with E-state index >= 15 is 0 Å². The van der Waals surface area contributed by atoms with Crippen molar-refractivity contribution >= 4 is 23.2 Å². The minimum absolute atomic E-state index is 0.118. The van der Waals surface area contributed by atoms with Gasteiger partial charge in [-0.3, -0.25) is 14.3 Å². The lowest BCUT2D eigenvalue weighted by Crippen LogP contribution is -2.29. The Balaban J connectivity index is 1.81. The van der Waals surface area contributed by atoms with E-state index < -0.39 is 5.78 Å². The Bertz CT molecular complexity index is 866. The fraction of sp³-hybridized carbons (Fsp3) is 0.333. The van der Waals surface area contributed by atoms with Gasteiger partial charge >= 0.3 is 0 Å². The van der Waals surface area contributed by atoms with Gasteiger partial charge in [-0.15, -0.1) is 0 Å². The second-order valence-electron chi connectivity index (χ2n) is 7.01. The summed E-state index contributed by atoms with van der Waals surface area (Å²) in [5.74, 6) is -0.951. The van der Waals surface area contributed by atoms with Crippen LogP contribution in [0.5, 0.6) is 0 Å². The molecule has 0 radical (unpaired) electrons. The molecular weight excluding hydrogens is 342 g/mol. The molecule has 0 saturated heterocycles. The van der Waals surface area contributed by atoms with Crippen LogP contribution in [0, 0.1) is 5.41 Å². The van der Waals surface area contributed by atoms with Crippen molar-refractivity contribution in [2.45, 2.75) is 33.2 Å². The highest BCUT2D eigenvalue weighted by atomic mass is 35.5. The van der Waals surface area contributed by atoms with E-state index in [-0.39, 0.29) is 34.5 Å². The Morgan fingerprint density at radius 3 is 2.72 bits per heavy atom. The van der Waals surface area contributed by atoms with Crippen LogP contribution in [0.3, 0.4) is 0 Å². The molecule has 0 unspecified atom stereocenters. The number of hydrogen-bond acceptors (Lipinski definition) is 5. The Labute approximate surface area is 150 Å². The minimum atomic E-state index is -0.488. The second-order valence-corrected chi connectivity index (χ2v) is 7.39. The molecule has 1 aliphatic rings. The number of rotatable bonds is 4. The predicted molar refractivity (Wildman–Crippen MR) is 92.6 cm³/mol. The lowest BCUT2D eigenvalue weighted by molar-refractivity contribution is -0.118. The van der Waals surface area contributed by atoms with E-state index in [1.165, 1.54) is 6.20 Å². The number of nitrogens with zero attached hydrogens (tertiary/aromatic N) is 3. The molecule has 2 aromatic heterocycles. The Morgan fingerprint density at radius 1 is 1.32 bits per heavy atom. The lowest BCUT2D eigenvalue weighted by atomic mass is 9.75. The number of ketones is 2. The van der Waals surface area contributed by atoms with Gasteiger partial charge in [-0.25, -0.2) is 4.98 Å². The summed E-state index contributed by atoms with van der Waals surface area (Å²) in [6.45, 7) is 4.20. The van der Waals surface area contributed by atoms with Gasteiger partial charge in [-0.05, 0) is 17.0 Å². The van der Waals surface area contributed by atoms with Gasteiger partial charge in [0, 0.05) is 25.2 Å². The standard InChI is InChI=1S/C18H18ClN3O3/c1-18(2)5-13(23)16(14(24)6-18)17(25)12-8-21-22(10-12)9-11-3-4-15(19)20-7-11/h3-4,7-8,10,23H,5-6,9H2,1-2H3. The highest BCUT2D eigenvalue weighted by Gasteiger charge is 2.36. The molecule has 2 heterocycles. The molecule has 0 saturated carbocycles. The summed E-state index contributed by atoms with van der Waals surface area (Å²) in [4.78, 5) is 28.9. The van der Waals surface area contributed by atoms with E-state index in [0.29, 0.717) is 18.1 Å². The third-order valence-electron chi connectivity index (χ3n) is 4.11. The number of allylic oxidation sites excluding steroid dienone is 2. The van der Waals surface area contributed by atoms with Crippen molar-refractivity contribution in [1.29, 1.82) is 0 Å². The summed E-state index contributed by atoms with van der Waals surface area (Å²) in [6.07, 6.45) is 5.14. The Hall–Kier alpha value is -2.47. The van der Waals surface area contributed by atoms with E-state index in [1.807, 2.05) is 19.9 Å². The maximum Gasteiger partial charge on any atom is 0.203 e. The third kappa shape index (κ3) is 3.79. The van der Waals surface area contributed by atoms with Crippen molar-refractivity contribution < 1.29 is 14.7 Å². The zero-order chi connectivity index (χ0) is 18.2. The van der Waals surface area contributed by atoms with Crippen LogP contribution < -0.4 is 0 Å². The molecule has 6 nitrogen and oxygen atoms in total. The molecule has 0 bridgehead atoms. The maximum absolute atomic E-state index is 12.6. The highest BCUT2D eigenvalue weighted by Crippen LogP contribution is 2.36. The molecular formula is C18H18ClN3O3. The van der Waals surface area contributed by atoms with Crippen molar-refractivity contribution in [3.05, 3.63) is 58.3 Å². The van der Waals surface area contributed by atoms with Gasteiger partial charge in [0.1, 0.15) is 16.5 Å². The van der Waals surface area contributed by atoms with Gasteiger partial charge in [0.25, 0.3) is 0 Å². The molecule has 25 heavy (non-hydrogen) atoms. The molecule has 0 amide bonds. The zero-order valence-corrected chi connectivity index (χ0v) is 14.7. The van der Waals surface area contributed by atoms with Crippen LogP contribution in [0.2, 0.25) is 5.15 Å². The average Bonchev–Trinajstić information content (AvgIpc) is 2.96. The zero-order valence-electron chi connectivity index (χ0n) is 14.0. The topological polar surface area (TPSA) is 85.1 Å². The van der Waals surface area contributed by atoms with Crippen LogP contribution in [0.1, 0.15) is 42.6 Å². The fourth-order valence-electron chi connectivity index (χ4n) is 2.94. The second kappa shape index (κ2) is 6.44. The van der Waals surface area contributed by atoms with Crippen LogP contribution in [0.25, 0.3) is 0 Å². The van der Waals surface area contributed by atoms with E-state index in [4.69, 9.17) is 11.6 Å². The molecule has 1 aliphatic carbocycles. The first-order chi connectivity index (χ1) is 11.7. The first-order valence-corrected chi connectivity index (χ1v) is 8.26. The number of pyridine rings is 1. The molecule has 2 aromatic rings. The number of halogens is 1. The SMILES string of the molecule is CC1(C)CC(=O)C(C(=O)c2cnn(Cc3ccc(Cl)nc3)c2)=C(O)C1. The first kappa shape index (κ1) is 17.4. The number of aromatic nitrogens is 3. The van der Waals surface area contributed by atoms with E-state index in [0.717, 1.165) is 5.56 Å². The third-order valence-corrected chi connectivity index (χ3v) is 4.33. The van der Waals surface area contributed by atoms with Gasteiger partial charge in [0.05, 0.1) is 18.3 Å². The van der Waals surface area contributed by atoms with Crippen LogP contribution in [0.4, 0.5) is 0 Å². The summed E-state index contributed by atoms with van der Waals surface area (Å²) in [5.41, 5.74) is 0.698. The fourth-order valence-corrected chi connectivity index (χ4v) is 3.06. The summed E-state index contributed by atoms with van der Waals surface area (Å²) in [5, 5.41) is 14.7. The van der Waals surface area contributed by atoms with E-state index in [2.05, 4.69) is 10.1 Å². The number of carbonyl (C=O) groups is 2. The molecule has 7 heteroatoms. The van der Waals surface area contributed by atoms with Crippen LogP contribution in [-0.4, -0.2) is 31.4 Å². The van der Waals surface area contributed by atoms with Crippen LogP contribution >= 0.6 is 11.6 Å². The van der Waals surface area contributed by atoms with Gasteiger partial charge in [-0.1, -0.05) is 31.5 Å². The van der Waals surface area contributed by atoms with Crippen molar-refractivity contribution in [3.8, 4) is 0 Å². The number of aliphatic hydroxyl groups is 1. The molecule has 0 fully saturated rings. The lowest BCUT2D eigenvalue weighted by Gasteiger charge is -2.28. The van der Waals surface area contributed by atoms with Crippen LogP contribution in [0.15, 0.2) is 42.1 Å². The van der Waals surface area contributed by atoms with Crippen LogP contribution in [-0.2, 0) is 11.3 Å². The van der Waals surface area contributed by atoms with Gasteiger partial charge in [-0.2, -0.15) is 5.10 Å². The van der Waals surface area contributed by atoms with Gasteiger partial charge < -0.3 is 5.11 Å². The smallest absolute Gasteiger partial charge is 0.203 e. The molecule has 0 spiro atoms. The number of Topliss-reactive ketones (excluding diaryl/α,β-unsaturated/α-hetero) is 2. The van der Waals surface area contributed by atoms with Gasteiger partial charge in [0.15, 0.2) is 5.78 Å². The maximum atomic E-state index is 12.6. The quantitative estimate of drug-likeness (QED) is 0.514. The summed E-state index contributed by atoms with van der Waals surface area (Å²) in [6, 6.07) is 3.50. The Morgan fingerprint density at radius 2 is 2.08 bits per heavy atom.